The molecule has 2 aliphatic rings. The first-order valence-electron chi connectivity index (χ1n) is 7.41. The van der Waals surface area contributed by atoms with Gasteiger partial charge in [-0.25, -0.2) is 0 Å². The Labute approximate surface area is 162 Å². The molecule has 1 saturated heterocycles. The van der Waals surface area contributed by atoms with E-state index in [0.29, 0.717) is 11.3 Å². The summed E-state index contributed by atoms with van der Waals surface area (Å²) in [6, 6.07) is -1.07. The summed E-state index contributed by atoms with van der Waals surface area (Å²) in [5, 5.41) is 16.2. The number of halogens is 4. The number of aromatic nitrogens is 2. The molecule has 0 saturated carbocycles. The Balaban J connectivity index is 1.83. The number of carboxylic acid groups (broad SMARTS) is 1. The van der Waals surface area contributed by atoms with Crippen LogP contribution in [0.15, 0.2) is 15.7 Å². The number of hydrogen-bond donors (Lipinski definition) is 1. The molecule has 0 aliphatic carbocycles. The molecule has 2 amide bonds. The summed E-state index contributed by atoms with van der Waals surface area (Å²) in [6.07, 6.45) is -4.76. The fourth-order valence-electron chi connectivity index (χ4n) is 2.90. The first-order chi connectivity index (χ1) is 12.4. The number of rotatable bonds is 3. The molecule has 3 rings (SSSR count). The molecule has 0 spiro atoms. The Morgan fingerprint density at radius 2 is 2.04 bits per heavy atom. The van der Waals surface area contributed by atoms with Crippen LogP contribution in [0.25, 0.3) is 0 Å². The van der Waals surface area contributed by atoms with Crippen LogP contribution in [0.4, 0.5) is 13.2 Å². The van der Waals surface area contributed by atoms with Gasteiger partial charge >= 0.3 is 6.18 Å². The number of alkyl halides is 3. The van der Waals surface area contributed by atoms with Gasteiger partial charge in [0.25, 0.3) is 11.8 Å². The van der Waals surface area contributed by atoms with Gasteiger partial charge in [-0.05, 0) is 28.4 Å². The third kappa shape index (κ3) is 3.12. The maximum Gasteiger partial charge on any atom is 0.436 e. The number of fused-ring (bicyclic) bond motifs is 1. The molecule has 0 radical (unpaired) electrons. The largest absolute Gasteiger partial charge is 0.543 e. The monoisotopic (exact) mass is 467 g/mol. The average Bonchev–Trinajstić information content (AvgIpc) is 2.86. The zero-order valence-electron chi connectivity index (χ0n) is 13.8. The van der Waals surface area contributed by atoms with E-state index < -0.39 is 51.2 Å². The topological polar surface area (TPSA) is 107 Å². The number of nitrogens with one attached hydrogen (secondary N) is 1. The van der Waals surface area contributed by atoms with Gasteiger partial charge in [0.15, 0.2) is 5.69 Å². The molecule has 0 bridgehead atoms. The lowest BCUT2D eigenvalue weighted by atomic mass is 10.0. The predicted molar refractivity (Wildman–Crippen MR) is 88.0 cm³/mol. The van der Waals surface area contributed by atoms with Gasteiger partial charge in [0.1, 0.15) is 17.1 Å². The van der Waals surface area contributed by atoms with Crippen molar-refractivity contribution in [2.75, 3.05) is 5.75 Å². The summed E-state index contributed by atoms with van der Waals surface area (Å²) in [6.45, 7) is 1.55. The van der Waals surface area contributed by atoms with Gasteiger partial charge < -0.3 is 15.2 Å². The van der Waals surface area contributed by atoms with E-state index in [1.165, 1.54) is 18.8 Å². The molecule has 1 N–H and O–H groups in total. The fourth-order valence-corrected chi connectivity index (χ4v) is 4.93. The van der Waals surface area contributed by atoms with Crippen molar-refractivity contribution in [3.05, 3.63) is 27.1 Å². The first-order valence-corrected chi connectivity index (χ1v) is 9.25. The Bertz CT molecular complexity index is 898. The summed E-state index contributed by atoms with van der Waals surface area (Å²) in [7, 11) is 1.17. The molecule has 2 unspecified atom stereocenters. The summed E-state index contributed by atoms with van der Waals surface area (Å²) in [4.78, 5) is 37.0. The smallest absolute Gasteiger partial charge is 0.436 e. The van der Waals surface area contributed by atoms with E-state index in [4.69, 9.17) is 0 Å². The molecule has 3 heterocycles. The van der Waals surface area contributed by atoms with E-state index in [1.807, 2.05) is 0 Å². The zero-order valence-corrected chi connectivity index (χ0v) is 16.2. The molecule has 146 valence electrons. The van der Waals surface area contributed by atoms with E-state index in [2.05, 4.69) is 26.3 Å². The second-order valence-corrected chi connectivity index (χ2v) is 7.81. The van der Waals surface area contributed by atoms with Crippen LogP contribution in [0.1, 0.15) is 23.1 Å². The van der Waals surface area contributed by atoms with Crippen molar-refractivity contribution in [3.63, 3.8) is 0 Å². The van der Waals surface area contributed by atoms with Crippen molar-refractivity contribution in [1.29, 1.82) is 0 Å². The van der Waals surface area contributed by atoms with Gasteiger partial charge in [0, 0.05) is 12.8 Å². The molecule has 8 nitrogen and oxygen atoms in total. The van der Waals surface area contributed by atoms with Crippen LogP contribution in [0.3, 0.4) is 0 Å². The molecule has 0 aromatic carbocycles. The third-order valence-electron chi connectivity index (χ3n) is 4.11. The lowest BCUT2D eigenvalue weighted by Gasteiger charge is -2.50. The van der Waals surface area contributed by atoms with E-state index in [0.717, 1.165) is 9.58 Å². The van der Waals surface area contributed by atoms with Gasteiger partial charge in [-0.1, -0.05) is 0 Å². The van der Waals surface area contributed by atoms with E-state index >= 15 is 0 Å². The fraction of sp³-hybridized carbons (Fsp3) is 0.429. The highest BCUT2D eigenvalue weighted by molar-refractivity contribution is 9.10. The van der Waals surface area contributed by atoms with Gasteiger partial charge in [0.2, 0.25) is 0 Å². The van der Waals surface area contributed by atoms with Crippen molar-refractivity contribution >= 4 is 45.5 Å². The highest BCUT2D eigenvalue weighted by Crippen LogP contribution is 2.40. The molecule has 2 atom stereocenters. The van der Waals surface area contributed by atoms with Gasteiger partial charge in [-0.15, -0.1) is 11.8 Å². The van der Waals surface area contributed by atoms with E-state index in [9.17, 15) is 32.7 Å². The molecule has 1 fully saturated rings. The highest BCUT2D eigenvalue weighted by Gasteiger charge is 2.53. The number of carboxylic acids is 1. The highest BCUT2D eigenvalue weighted by atomic mass is 79.9. The Morgan fingerprint density at radius 1 is 1.41 bits per heavy atom. The number of hydrogen-bond acceptors (Lipinski definition) is 6. The van der Waals surface area contributed by atoms with Crippen LogP contribution in [0.2, 0.25) is 0 Å². The summed E-state index contributed by atoms with van der Waals surface area (Å²) >= 11 is 3.97. The normalized spacial score (nSPS) is 22.4. The van der Waals surface area contributed by atoms with Crippen molar-refractivity contribution in [2.45, 2.75) is 24.5 Å². The van der Waals surface area contributed by atoms with Gasteiger partial charge in [-0.2, -0.15) is 18.3 Å². The van der Waals surface area contributed by atoms with Gasteiger partial charge in [-0.3, -0.25) is 19.2 Å². The number of nitrogens with zero attached hydrogens (tertiary/aromatic N) is 3. The number of carbonyl (C=O) groups is 3. The van der Waals surface area contributed by atoms with Crippen molar-refractivity contribution in [2.24, 2.45) is 7.05 Å². The first kappa shape index (κ1) is 19.7. The molecule has 1 aromatic heterocycles. The summed E-state index contributed by atoms with van der Waals surface area (Å²) in [5.74, 6) is -2.79. The van der Waals surface area contributed by atoms with Crippen LogP contribution in [-0.4, -0.2) is 49.6 Å². The van der Waals surface area contributed by atoms with Crippen LogP contribution < -0.4 is 10.4 Å². The standard InChI is InChI=1S/C14H12BrF3N4O4S/c1-4-3-27-12-6(11(24)22(12)7(4)13(25)26)19-10(23)8-5(15)9(14(16,17)18)20-21(8)2/h6,12H,3H2,1-2H3,(H,19,23)(H,25,26)/p-1. The van der Waals surface area contributed by atoms with E-state index in [-0.39, 0.29) is 5.70 Å². The Hall–Kier alpha value is -2.02. The lowest BCUT2D eigenvalue weighted by molar-refractivity contribution is -0.301. The molecular weight excluding hydrogens is 457 g/mol. The number of β-lactam (4-membered cyclic amide) rings is 1. The second-order valence-electron chi connectivity index (χ2n) is 5.91. The van der Waals surface area contributed by atoms with Crippen LogP contribution in [-0.2, 0) is 22.8 Å². The van der Waals surface area contributed by atoms with Crippen LogP contribution in [0.5, 0.6) is 0 Å². The van der Waals surface area contributed by atoms with Crippen molar-refractivity contribution in [3.8, 4) is 0 Å². The SMILES string of the molecule is CC1=C(C(=O)[O-])N2C(=O)C(NC(=O)c3c(Br)c(C(F)(F)F)nn3C)C2SC1. The molecule has 27 heavy (non-hydrogen) atoms. The number of thioether (sulfide) groups is 1. The molecule has 1 aromatic rings. The number of amides is 2. The molecular formula is C14H11BrF3N4O4S-. The summed E-state index contributed by atoms with van der Waals surface area (Å²) < 4.78 is 39.0. The average molecular weight is 468 g/mol. The predicted octanol–water partition coefficient (Wildman–Crippen LogP) is 0.239. The lowest BCUT2D eigenvalue weighted by Crippen LogP contribution is -2.71. The van der Waals surface area contributed by atoms with Crippen molar-refractivity contribution < 1.29 is 32.7 Å². The number of aliphatic carboxylic acids is 1. The number of aryl methyl sites for hydroxylation is 1. The van der Waals surface area contributed by atoms with Gasteiger partial charge in [0.05, 0.1) is 16.1 Å². The third-order valence-corrected chi connectivity index (χ3v) is 6.29. The van der Waals surface area contributed by atoms with Crippen LogP contribution in [0, 0.1) is 0 Å². The maximum atomic E-state index is 12.9. The minimum atomic E-state index is -4.76. The van der Waals surface area contributed by atoms with Crippen LogP contribution >= 0.6 is 27.7 Å². The molecule has 13 heteroatoms. The Morgan fingerprint density at radius 3 is 2.56 bits per heavy atom. The minimum absolute atomic E-state index is 0.240. The Kier molecular flexibility index (Phi) is 4.78. The molecule has 2 aliphatic heterocycles. The van der Waals surface area contributed by atoms with Crippen molar-refractivity contribution in [1.82, 2.24) is 20.0 Å². The zero-order chi connectivity index (χ0) is 20.3. The summed E-state index contributed by atoms with van der Waals surface area (Å²) in [5.41, 5.74) is -1.45. The minimum Gasteiger partial charge on any atom is -0.543 e. The second kappa shape index (κ2) is 6.55. The quantitative estimate of drug-likeness (QED) is 0.638. The maximum absolute atomic E-state index is 12.9. The van der Waals surface area contributed by atoms with E-state index in [1.54, 1.807) is 6.92 Å². The number of carbonyl (C=O) groups excluding carboxylic acids is 3.